The first kappa shape index (κ1) is 26.3. The van der Waals surface area contributed by atoms with Gasteiger partial charge in [-0.1, -0.05) is 26.0 Å². The predicted octanol–water partition coefficient (Wildman–Crippen LogP) is 4.50. The number of aromatic nitrogens is 3. The summed E-state index contributed by atoms with van der Waals surface area (Å²) in [6.45, 7) is 3.12. The Balaban J connectivity index is 2.14. The number of rotatable bonds is 6. The van der Waals surface area contributed by atoms with Gasteiger partial charge in [0.1, 0.15) is 11.5 Å². The number of hydrogen-bond donors (Lipinski definition) is 2. The van der Waals surface area contributed by atoms with Gasteiger partial charge >= 0.3 is 6.18 Å². The second-order valence-electron chi connectivity index (χ2n) is 8.83. The summed E-state index contributed by atoms with van der Waals surface area (Å²) < 4.78 is 58.4. The molecule has 0 atom stereocenters. The summed E-state index contributed by atoms with van der Waals surface area (Å²) in [5.41, 5.74) is 8.30. The number of amides is 2. The van der Waals surface area contributed by atoms with Crippen LogP contribution in [0, 0.1) is 17.1 Å². The van der Waals surface area contributed by atoms with Crippen LogP contribution in [0.2, 0.25) is 0 Å². The van der Waals surface area contributed by atoms with E-state index in [2.05, 4.69) is 10.1 Å². The van der Waals surface area contributed by atoms with Gasteiger partial charge in [0.05, 0.1) is 29.3 Å². The number of nitrogens with two attached hydrogens (primary N) is 2. The molecule has 0 unspecified atom stereocenters. The third-order valence-electron chi connectivity index (χ3n) is 5.90. The molecule has 0 saturated carbocycles. The van der Waals surface area contributed by atoms with Crippen molar-refractivity contribution in [2.75, 3.05) is 0 Å². The first-order chi connectivity index (χ1) is 17.8. The van der Waals surface area contributed by atoms with Crippen molar-refractivity contribution < 1.29 is 27.2 Å². The van der Waals surface area contributed by atoms with Crippen molar-refractivity contribution in [2.45, 2.75) is 32.5 Å². The maximum atomic E-state index is 14.4. The van der Waals surface area contributed by atoms with Crippen LogP contribution in [0.1, 0.15) is 63.1 Å². The molecule has 2 amide bonds. The fraction of sp³-hybridized carbons (Fsp3) is 0.192. The Morgan fingerprint density at radius 3 is 2.24 bits per heavy atom. The summed E-state index contributed by atoms with van der Waals surface area (Å²) in [6, 6.07) is 11.2. The van der Waals surface area contributed by atoms with Gasteiger partial charge in [-0.15, -0.1) is 0 Å². The first-order valence-electron chi connectivity index (χ1n) is 11.2. The van der Waals surface area contributed by atoms with Crippen LogP contribution >= 0.6 is 0 Å². The lowest BCUT2D eigenvalue weighted by molar-refractivity contribution is -0.141. The molecule has 38 heavy (non-hydrogen) atoms. The third-order valence-corrected chi connectivity index (χ3v) is 5.90. The number of benzene rings is 2. The third kappa shape index (κ3) is 4.66. The molecule has 4 N–H and O–H groups in total. The Morgan fingerprint density at radius 2 is 1.71 bits per heavy atom. The highest BCUT2D eigenvalue weighted by atomic mass is 19.4. The van der Waals surface area contributed by atoms with Crippen LogP contribution in [0.5, 0.6) is 0 Å². The topological polar surface area (TPSA) is 141 Å². The highest BCUT2D eigenvalue weighted by molar-refractivity contribution is 6.15. The molecule has 0 spiro atoms. The molecule has 0 radical (unpaired) electrons. The van der Waals surface area contributed by atoms with Gasteiger partial charge in [-0.2, -0.15) is 23.5 Å². The van der Waals surface area contributed by atoms with E-state index < -0.39 is 57.8 Å². The molecule has 12 heteroatoms. The Labute approximate surface area is 213 Å². The van der Waals surface area contributed by atoms with Crippen molar-refractivity contribution in [2.24, 2.45) is 11.5 Å². The molecule has 0 saturated heterocycles. The maximum absolute atomic E-state index is 14.4. The van der Waals surface area contributed by atoms with E-state index in [-0.39, 0.29) is 23.1 Å². The highest BCUT2D eigenvalue weighted by Crippen LogP contribution is 2.44. The summed E-state index contributed by atoms with van der Waals surface area (Å²) >= 11 is 0. The number of primary amides is 2. The van der Waals surface area contributed by atoms with E-state index in [1.807, 2.05) is 6.07 Å². The van der Waals surface area contributed by atoms with E-state index >= 15 is 0 Å². The smallest absolute Gasteiger partial charge is 0.366 e. The Kier molecular flexibility index (Phi) is 6.63. The molecule has 0 fully saturated rings. The van der Waals surface area contributed by atoms with E-state index in [1.54, 1.807) is 26.0 Å². The van der Waals surface area contributed by atoms with Gasteiger partial charge in [0.15, 0.2) is 5.69 Å². The Morgan fingerprint density at radius 1 is 1.05 bits per heavy atom. The van der Waals surface area contributed by atoms with E-state index in [0.29, 0.717) is 11.1 Å². The molecule has 0 bridgehead atoms. The van der Waals surface area contributed by atoms with Gasteiger partial charge in [0.25, 0.3) is 5.91 Å². The minimum Gasteiger partial charge on any atom is -0.366 e. The van der Waals surface area contributed by atoms with Crippen LogP contribution in [0.25, 0.3) is 22.0 Å². The molecule has 0 aliphatic heterocycles. The zero-order valence-electron chi connectivity index (χ0n) is 20.1. The molecular formula is C26H20F4N6O2. The second kappa shape index (κ2) is 9.59. The quantitative estimate of drug-likeness (QED) is 0.358. The number of nitriles is 1. The molecule has 2 heterocycles. The van der Waals surface area contributed by atoms with Crippen LogP contribution in [-0.2, 0) is 12.7 Å². The summed E-state index contributed by atoms with van der Waals surface area (Å²) in [5.74, 6) is -3.75. The van der Waals surface area contributed by atoms with E-state index in [1.165, 1.54) is 12.1 Å². The number of carbonyl (C=O) groups is 2. The molecule has 8 nitrogen and oxygen atoms in total. The Hall–Kier alpha value is -4.79. The normalized spacial score (nSPS) is 11.6. The van der Waals surface area contributed by atoms with Gasteiger partial charge in [0.2, 0.25) is 5.91 Å². The molecule has 0 aliphatic rings. The molecule has 194 valence electrons. The number of carbonyl (C=O) groups excluding carboxylic acids is 2. The standard InChI is InChI=1S/C26H20F4N6O2/c1-12(2)22-20(23(26(28,29)30)35-36(22)11-14-5-3-13(10-31)4-6-14)19-18(24(32)37)16-8-7-15(27)9-17(16)34-21(19)25(33)38/h3-9,12H,11H2,1-2H3,(H2,32,37)(H2,33,38). The van der Waals surface area contributed by atoms with Crippen molar-refractivity contribution in [3.05, 3.63) is 82.1 Å². The molecule has 2 aromatic carbocycles. The van der Waals surface area contributed by atoms with Crippen molar-refractivity contribution in [1.82, 2.24) is 14.8 Å². The Bertz CT molecular complexity index is 1630. The molecule has 4 aromatic rings. The van der Waals surface area contributed by atoms with Crippen molar-refractivity contribution in [3.8, 4) is 17.2 Å². The van der Waals surface area contributed by atoms with Crippen LogP contribution in [0.15, 0.2) is 42.5 Å². The summed E-state index contributed by atoms with van der Waals surface area (Å²) in [7, 11) is 0. The predicted molar refractivity (Wildman–Crippen MR) is 129 cm³/mol. The average molecular weight is 524 g/mol. The number of alkyl halides is 3. The lowest BCUT2D eigenvalue weighted by Crippen LogP contribution is -2.22. The van der Waals surface area contributed by atoms with Gasteiger partial charge in [-0.25, -0.2) is 9.37 Å². The first-order valence-corrected chi connectivity index (χ1v) is 11.2. The average Bonchev–Trinajstić information content (AvgIpc) is 3.22. The van der Waals surface area contributed by atoms with E-state index in [9.17, 15) is 27.2 Å². The number of halogens is 4. The van der Waals surface area contributed by atoms with Crippen LogP contribution in [-0.4, -0.2) is 26.6 Å². The largest absolute Gasteiger partial charge is 0.435 e. The van der Waals surface area contributed by atoms with Crippen molar-refractivity contribution in [3.63, 3.8) is 0 Å². The number of hydrogen-bond acceptors (Lipinski definition) is 5. The summed E-state index contributed by atoms with van der Waals surface area (Å²) in [5, 5.41) is 12.8. The zero-order valence-corrected chi connectivity index (χ0v) is 20.1. The van der Waals surface area contributed by atoms with Gasteiger partial charge in [-0.05, 0) is 35.7 Å². The second-order valence-corrected chi connectivity index (χ2v) is 8.83. The monoisotopic (exact) mass is 524 g/mol. The minimum absolute atomic E-state index is 0.0370. The van der Waals surface area contributed by atoms with Crippen LogP contribution in [0.4, 0.5) is 17.6 Å². The van der Waals surface area contributed by atoms with Crippen molar-refractivity contribution >= 4 is 22.7 Å². The zero-order chi connectivity index (χ0) is 27.9. The number of pyridine rings is 1. The fourth-order valence-corrected chi connectivity index (χ4v) is 4.40. The van der Waals surface area contributed by atoms with Crippen molar-refractivity contribution in [1.29, 1.82) is 5.26 Å². The molecule has 4 rings (SSSR count). The molecule has 0 aliphatic carbocycles. The van der Waals surface area contributed by atoms with Crippen LogP contribution < -0.4 is 11.5 Å². The summed E-state index contributed by atoms with van der Waals surface area (Å²) in [4.78, 5) is 29.2. The lowest BCUT2D eigenvalue weighted by Gasteiger charge is -2.18. The minimum atomic E-state index is -5.02. The SMILES string of the molecule is CC(C)c1c(-c2c(C(N)=O)nc3cc(F)ccc3c2C(N)=O)c(C(F)(F)F)nn1Cc1ccc(C#N)cc1. The molecule has 2 aromatic heterocycles. The van der Waals surface area contributed by atoms with E-state index in [4.69, 9.17) is 16.7 Å². The maximum Gasteiger partial charge on any atom is 0.435 e. The fourth-order valence-electron chi connectivity index (χ4n) is 4.40. The van der Waals surface area contributed by atoms with Crippen LogP contribution in [0.3, 0.4) is 0 Å². The van der Waals surface area contributed by atoms with Gasteiger partial charge in [0, 0.05) is 28.3 Å². The van der Waals surface area contributed by atoms with Gasteiger partial charge in [-0.3, -0.25) is 14.3 Å². The van der Waals surface area contributed by atoms with Gasteiger partial charge < -0.3 is 11.5 Å². The highest BCUT2D eigenvalue weighted by Gasteiger charge is 2.42. The van der Waals surface area contributed by atoms with E-state index in [0.717, 1.165) is 22.9 Å². The molecular weight excluding hydrogens is 504 g/mol. The lowest BCUT2D eigenvalue weighted by atomic mass is 9.89. The number of fused-ring (bicyclic) bond motifs is 1. The summed E-state index contributed by atoms with van der Waals surface area (Å²) in [6.07, 6.45) is -5.02. The number of nitrogens with zero attached hydrogens (tertiary/aromatic N) is 4.